The monoisotopic (exact) mass is 261 g/mol. The molecule has 0 aliphatic rings. The number of halogens is 2. The van der Waals surface area contributed by atoms with Crippen molar-refractivity contribution >= 4 is 21.6 Å². The lowest BCUT2D eigenvalue weighted by Gasteiger charge is -2.12. The van der Waals surface area contributed by atoms with Crippen molar-refractivity contribution in [2.24, 2.45) is 11.5 Å². The van der Waals surface area contributed by atoms with Gasteiger partial charge >= 0.3 is 0 Å². The van der Waals surface area contributed by atoms with Gasteiger partial charge in [-0.25, -0.2) is 4.39 Å². The van der Waals surface area contributed by atoms with Crippen LogP contribution in [-0.4, -0.2) is 19.1 Å². The maximum Gasteiger partial charge on any atom is 0.146 e. The van der Waals surface area contributed by atoms with E-state index in [1.165, 1.54) is 6.07 Å². The summed E-state index contributed by atoms with van der Waals surface area (Å²) in [5.74, 6) is -0.294. The zero-order chi connectivity index (χ0) is 10.6. The minimum Gasteiger partial charge on any atom is -0.381 e. The fourth-order valence-corrected chi connectivity index (χ4v) is 1.32. The highest BCUT2D eigenvalue weighted by Gasteiger charge is 2.04. The Hall–Kier alpha value is -0.650. The summed E-state index contributed by atoms with van der Waals surface area (Å²) in [5.41, 5.74) is 11.4. The molecule has 5 N–H and O–H groups in total. The summed E-state index contributed by atoms with van der Waals surface area (Å²) in [4.78, 5) is 0. The first-order chi connectivity index (χ1) is 6.63. The molecule has 78 valence electrons. The van der Waals surface area contributed by atoms with Crippen molar-refractivity contribution < 1.29 is 4.39 Å². The van der Waals surface area contributed by atoms with E-state index in [-0.39, 0.29) is 11.9 Å². The average Bonchev–Trinajstić information content (AvgIpc) is 2.19. The van der Waals surface area contributed by atoms with Crippen molar-refractivity contribution in [3.63, 3.8) is 0 Å². The zero-order valence-electron chi connectivity index (χ0n) is 7.63. The van der Waals surface area contributed by atoms with Crippen LogP contribution in [0.2, 0.25) is 0 Å². The predicted molar refractivity (Wildman–Crippen MR) is 59.6 cm³/mol. The molecular formula is C9H13BrFN3. The van der Waals surface area contributed by atoms with E-state index in [9.17, 15) is 4.39 Å². The third kappa shape index (κ3) is 3.25. The zero-order valence-corrected chi connectivity index (χ0v) is 9.22. The van der Waals surface area contributed by atoms with Crippen LogP contribution in [0.3, 0.4) is 0 Å². The fraction of sp³-hybridized carbons (Fsp3) is 0.333. The Morgan fingerprint density at radius 3 is 2.86 bits per heavy atom. The summed E-state index contributed by atoms with van der Waals surface area (Å²) in [6.07, 6.45) is 0. The Balaban J connectivity index is 2.62. The largest absolute Gasteiger partial charge is 0.381 e. The van der Waals surface area contributed by atoms with Gasteiger partial charge < -0.3 is 16.8 Å². The third-order valence-corrected chi connectivity index (χ3v) is 2.28. The highest BCUT2D eigenvalue weighted by Crippen LogP contribution is 2.19. The molecule has 0 amide bonds. The standard InChI is InChI=1S/C9H13BrFN3/c10-6-1-2-8(11)9(3-6)14-5-7(13)4-12/h1-3,7,14H,4-5,12-13H2. The molecule has 1 atom stereocenters. The van der Waals surface area contributed by atoms with Crippen molar-refractivity contribution in [3.05, 3.63) is 28.5 Å². The molecule has 0 saturated carbocycles. The van der Waals surface area contributed by atoms with Gasteiger partial charge in [0.1, 0.15) is 5.82 Å². The van der Waals surface area contributed by atoms with Crippen LogP contribution in [-0.2, 0) is 0 Å². The van der Waals surface area contributed by atoms with Gasteiger partial charge in [-0.1, -0.05) is 15.9 Å². The fourth-order valence-electron chi connectivity index (χ4n) is 0.957. The summed E-state index contributed by atoms with van der Waals surface area (Å²) >= 11 is 3.26. The van der Waals surface area contributed by atoms with Gasteiger partial charge in [-0.05, 0) is 18.2 Å². The van der Waals surface area contributed by atoms with E-state index in [0.29, 0.717) is 18.8 Å². The summed E-state index contributed by atoms with van der Waals surface area (Å²) < 4.78 is 14.0. The molecule has 0 bridgehead atoms. The Morgan fingerprint density at radius 1 is 1.50 bits per heavy atom. The summed E-state index contributed by atoms with van der Waals surface area (Å²) in [6, 6.07) is 4.54. The highest BCUT2D eigenvalue weighted by molar-refractivity contribution is 9.10. The van der Waals surface area contributed by atoms with Crippen LogP contribution in [0, 0.1) is 5.82 Å². The molecule has 0 radical (unpaired) electrons. The first-order valence-electron chi connectivity index (χ1n) is 4.28. The van der Waals surface area contributed by atoms with Crippen molar-refractivity contribution in [1.29, 1.82) is 0 Å². The second-order valence-corrected chi connectivity index (χ2v) is 3.92. The molecule has 1 rings (SSSR count). The topological polar surface area (TPSA) is 64.1 Å². The van der Waals surface area contributed by atoms with Gasteiger partial charge in [0.05, 0.1) is 5.69 Å². The van der Waals surface area contributed by atoms with Crippen molar-refractivity contribution in [3.8, 4) is 0 Å². The second-order valence-electron chi connectivity index (χ2n) is 3.00. The lowest BCUT2D eigenvalue weighted by molar-refractivity contribution is 0.626. The van der Waals surface area contributed by atoms with Crippen LogP contribution in [0.15, 0.2) is 22.7 Å². The minimum atomic E-state index is -0.294. The number of nitrogens with two attached hydrogens (primary N) is 2. The van der Waals surface area contributed by atoms with E-state index in [4.69, 9.17) is 11.5 Å². The molecule has 5 heteroatoms. The number of hydrogen-bond acceptors (Lipinski definition) is 3. The van der Waals surface area contributed by atoms with E-state index in [1.807, 2.05) is 0 Å². The van der Waals surface area contributed by atoms with Crippen LogP contribution >= 0.6 is 15.9 Å². The van der Waals surface area contributed by atoms with Gasteiger partial charge in [0.15, 0.2) is 0 Å². The van der Waals surface area contributed by atoms with Gasteiger partial charge in [-0.3, -0.25) is 0 Å². The van der Waals surface area contributed by atoms with E-state index in [2.05, 4.69) is 21.2 Å². The van der Waals surface area contributed by atoms with Gasteiger partial charge in [-0.2, -0.15) is 0 Å². The molecule has 0 fully saturated rings. The van der Waals surface area contributed by atoms with Gasteiger partial charge in [0.2, 0.25) is 0 Å². The number of hydrogen-bond donors (Lipinski definition) is 3. The Morgan fingerprint density at radius 2 is 2.21 bits per heavy atom. The number of rotatable bonds is 4. The number of nitrogens with one attached hydrogen (secondary N) is 1. The van der Waals surface area contributed by atoms with Crippen LogP contribution in [0.1, 0.15) is 0 Å². The third-order valence-electron chi connectivity index (χ3n) is 1.79. The van der Waals surface area contributed by atoms with E-state index in [1.54, 1.807) is 12.1 Å². The molecule has 0 aliphatic heterocycles. The molecule has 1 aromatic carbocycles. The molecule has 14 heavy (non-hydrogen) atoms. The Labute approximate surface area is 90.8 Å². The smallest absolute Gasteiger partial charge is 0.146 e. The average molecular weight is 262 g/mol. The van der Waals surface area contributed by atoms with Gasteiger partial charge in [0, 0.05) is 23.6 Å². The van der Waals surface area contributed by atoms with Crippen LogP contribution in [0.4, 0.5) is 10.1 Å². The van der Waals surface area contributed by atoms with Crippen LogP contribution in [0.5, 0.6) is 0 Å². The van der Waals surface area contributed by atoms with Gasteiger partial charge in [0.25, 0.3) is 0 Å². The van der Waals surface area contributed by atoms with E-state index in [0.717, 1.165) is 4.47 Å². The number of benzene rings is 1. The molecule has 0 heterocycles. The summed E-state index contributed by atoms with van der Waals surface area (Å²) in [6.45, 7) is 0.840. The summed E-state index contributed by atoms with van der Waals surface area (Å²) in [7, 11) is 0. The first-order valence-corrected chi connectivity index (χ1v) is 5.07. The molecular weight excluding hydrogens is 249 g/mol. The molecule has 0 aliphatic carbocycles. The van der Waals surface area contributed by atoms with Gasteiger partial charge in [-0.15, -0.1) is 0 Å². The molecule has 1 unspecified atom stereocenters. The minimum absolute atomic E-state index is 0.159. The molecule has 0 saturated heterocycles. The second kappa shape index (κ2) is 5.29. The van der Waals surface area contributed by atoms with Crippen molar-refractivity contribution in [2.45, 2.75) is 6.04 Å². The Kier molecular flexibility index (Phi) is 4.31. The first kappa shape index (κ1) is 11.4. The summed E-state index contributed by atoms with van der Waals surface area (Å²) in [5, 5.41) is 2.89. The van der Waals surface area contributed by atoms with Crippen LogP contribution < -0.4 is 16.8 Å². The maximum absolute atomic E-state index is 13.2. The highest BCUT2D eigenvalue weighted by atomic mass is 79.9. The molecule has 3 nitrogen and oxygen atoms in total. The van der Waals surface area contributed by atoms with Crippen molar-refractivity contribution in [1.82, 2.24) is 0 Å². The van der Waals surface area contributed by atoms with Crippen molar-refractivity contribution in [2.75, 3.05) is 18.4 Å². The molecule has 1 aromatic rings. The van der Waals surface area contributed by atoms with Crippen LogP contribution in [0.25, 0.3) is 0 Å². The lowest BCUT2D eigenvalue weighted by atomic mass is 10.2. The lowest BCUT2D eigenvalue weighted by Crippen LogP contribution is -2.36. The number of anilines is 1. The Bertz CT molecular complexity index is 306. The molecule has 0 spiro atoms. The van der Waals surface area contributed by atoms with E-state index >= 15 is 0 Å². The predicted octanol–water partition coefficient (Wildman–Crippen LogP) is 1.29. The molecule has 0 aromatic heterocycles. The van der Waals surface area contributed by atoms with E-state index < -0.39 is 0 Å². The maximum atomic E-state index is 13.2. The quantitative estimate of drug-likeness (QED) is 0.766. The SMILES string of the molecule is NCC(N)CNc1cc(Br)ccc1F. The normalized spacial score (nSPS) is 12.6.